The van der Waals surface area contributed by atoms with E-state index >= 15 is 0 Å². The summed E-state index contributed by atoms with van der Waals surface area (Å²) < 4.78 is 9.35. The summed E-state index contributed by atoms with van der Waals surface area (Å²) >= 11 is 0. The lowest BCUT2D eigenvalue weighted by molar-refractivity contribution is 0.00283. The van der Waals surface area contributed by atoms with Crippen molar-refractivity contribution in [1.82, 2.24) is 29.0 Å². The van der Waals surface area contributed by atoms with Gasteiger partial charge in [-0.2, -0.15) is 0 Å². The summed E-state index contributed by atoms with van der Waals surface area (Å²) in [4.78, 5) is 13.0. The standard InChI is InChI=1S/C18H19N7O/c1-2-26-14-7-13(8-14)22-17-20-10-16-15(3-5-25(16)23-17)12-9-21-18-19-4-6-24(18)11-12/h3-6,9-11,13-14H,2,7-8H2,1H3,(H,22,23). The molecule has 0 aromatic carbocycles. The average Bonchev–Trinajstić information content (AvgIpc) is 3.25. The molecular weight excluding hydrogens is 330 g/mol. The molecule has 0 aliphatic heterocycles. The van der Waals surface area contributed by atoms with Gasteiger partial charge in [0.15, 0.2) is 0 Å². The third kappa shape index (κ3) is 2.59. The molecule has 0 atom stereocenters. The van der Waals surface area contributed by atoms with Gasteiger partial charge in [0.25, 0.3) is 0 Å². The first-order valence-corrected chi connectivity index (χ1v) is 8.82. The lowest BCUT2D eigenvalue weighted by Crippen LogP contribution is -2.41. The Morgan fingerprint density at radius 1 is 1.19 bits per heavy atom. The molecule has 8 heteroatoms. The van der Waals surface area contributed by atoms with Gasteiger partial charge in [-0.25, -0.2) is 19.5 Å². The van der Waals surface area contributed by atoms with Crippen molar-refractivity contribution in [3.05, 3.63) is 43.2 Å². The molecule has 26 heavy (non-hydrogen) atoms. The van der Waals surface area contributed by atoms with Gasteiger partial charge >= 0.3 is 0 Å². The molecular formula is C18H19N7O. The van der Waals surface area contributed by atoms with Crippen LogP contribution in [0.15, 0.2) is 43.2 Å². The van der Waals surface area contributed by atoms with Crippen LogP contribution in [0, 0.1) is 0 Å². The Bertz CT molecular complexity index is 1060. The fraction of sp³-hybridized carbons (Fsp3) is 0.333. The van der Waals surface area contributed by atoms with E-state index in [4.69, 9.17) is 4.74 Å². The molecule has 1 saturated carbocycles. The Kier molecular flexibility index (Phi) is 3.56. The first-order chi connectivity index (χ1) is 12.8. The molecule has 4 aromatic heterocycles. The first-order valence-electron chi connectivity index (χ1n) is 8.82. The van der Waals surface area contributed by atoms with Crippen molar-refractivity contribution in [2.45, 2.75) is 31.9 Å². The molecule has 0 unspecified atom stereocenters. The summed E-state index contributed by atoms with van der Waals surface area (Å²) in [6, 6.07) is 2.41. The third-order valence-electron chi connectivity index (χ3n) is 4.80. The van der Waals surface area contributed by atoms with E-state index in [0.717, 1.165) is 36.1 Å². The highest BCUT2D eigenvalue weighted by Gasteiger charge is 2.30. The maximum Gasteiger partial charge on any atom is 0.241 e. The van der Waals surface area contributed by atoms with Crippen molar-refractivity contribution >= 4 is 17.2 Å². The van der Waals surface area contributed by atoms with Crippen LogP contribution in [0.3, 0.4) is 0 Å². The van der Waals surface area contributed by atoms with E-state index in [2.05, 4.69) is 25.4 Å². The van der Waals surface area contributed by atoms with Crippen molar-refractivity contribution in [3.8, 4) is 11.1 Å². The number of rotatable bonds is 5. The molecule has 0 saturated heterocycles. The lowest BCUT2D eigenvalue weighted by atomic mass is 9.89. The molecule has 1 N–H and O–H groups in total. The number of hydrogen-bond acceptors (Lipinski definition) is 6. The fourth-order valence-electron chi connectivity index (χ4n) is 3.40. The van der Waals surface area contributed by atoms with Crippen molar-refractivity contribution < 1.29 is 4.74 Å². The van der Waals surface area contributed by atoms with Gasteiger partial charge in [0.2, 0.25) is 11.7 Å². The average molecular weight is 349 g/mol. The van der Waals surface area contributed by atoms with Crippen LogP contribution in [0.2, 0.25) is 0 Å². The van der Waals surface area contributed by atoms with Crippen LogP contribution in [0.4, 0.5) is 5.95 Å². The van der Waals surface area contributed by atoms with Gasteiger partial charge in [0.05, 0.1) is 17.8 Å². The molecule has 1 fully saturated rings. The highest BCUT2D eigenvalue weighted by molar-refractivity contribution is 5.79. The number of fused-ring (bicyclic) bond motifs is 2. The van der Waals surface area contributed by atoms with Gasteiger partial charge in [-0.3, -0.25) is 4.40 Å². The van der Waals surface area contributed by atoms with E-state index in [1.165, 1.54) is 0 Å². The van der Waals surface area contributed by atoms with Crippen LogP contribution in [0.1, 0.15) is 19.8 Å². The molecule has 4 heterocycles. The van der Waals surface area contributed by atoms with Crippen molar-refractivity contribution in [3.63, 3.8) is 0 Å². The van der Waals surface area contributed by atoms with E-state index < -0.39 is 0 Å². The third-order valence-corrected chi connectivity index (χ3v) is 4.80. The van der Waals surface area contributed by atoms with Gasteiger partial charge in [-0.05, 0) is 25.8 Å². The predicted molar refractivity (Wildman–Crippen MR) is 97.0 cm³/mol. The second-order valence-electron chi connectivity index (χ2n) is 6.51. The Morgan fingerprint density at radius 2 is 2.12 bits per heavy atom. The number of ether oxygens (including phenoxy) is 1. The van der Waals surface area contributed by atoms with E-state index in [9.17, 15) is 0 Å². The van der Waals surface area contributed by atoms with Crippen molar-refractivity contribution in [2.75, 3.05) is 11.9 Å². The number of aromatic nitrogens is 6. The number of nitrogens with zero attached hydrogens (tertiary/aromatic N) is 6. The van der Waals surface area contributed by atoms with Gasteiger partial charge in [-0.15, -0.1) is 5.10 Å². The summed E-state index contributed by atoms with van der Waals surface area (Å²) in [6.07, 6.45) is 13.6. The van der Waals surface area contributed by atoms with E-state index in [1.807, 2.05) is 52.9 Å². The molecule has 0 bridgehead atoms. The predicted octanol–water partition coefficient (Wildman–Crippen LogP) is 2.42. The zero-order valence-corrected chi connectivity index (χ0v) is 14.4. The van der Waals surface area contributed by atoms with Crippen LogP contribution in [-0.2, 0) is 4.74 Å². The first kappa shape index (κ1) is 15.3. The van der Waals surface area contributed by atoms with E-state index in [1.54, 1.807) is 6.20 Å². The normalized spacial score (nSPS) is 19.7. The maximum absolute atomic E-state index is 5.59. The number of nitrogens with one attached hydrogen (secondary N) is 1. The molecule has 0 amide bonds. The van der Waals surface area contributed by atoms with Crippen molar-refractivity contribution in [2.24, 2.45) is 0 Å². The van der Waals surface area contributed by atoms with E-state index in [-0.39, 0.29) is 0 Å². The van der Waals surface area contributed by atoms with Crippen LogP contribution in [0.25, 0.3) is 22.4 Å². The topological polar surface area (TPSA) is 81.6 Å². The van der Waals surface area contributed by atoms with Crippen LogP contribution >= 0.6 is 0 Å². The van der Waals surface area contributed by atoms with Crippen LogP contribution in [0.5, 0.6) is 0 Å². The Morgan fingerprint density at radius 3 is 3.00 bits per heavy atom. The monoisotopic (exact) mass is 349 g/mol. The smallest absolute Gasteiger partial charge is 0.241 e. The molecule has 1 aliphatic rings. The number of hydrogen-bond donors (Lipinski definition) is 1. The quantitative estimate of drug-likeness (QED) is 0.596. The molecule has 0 radical (unpaired) electrons. The Hall–Kier alpha value is -3.00. The Labute approximate surface area is 149 Å². The second kappa shape index (κ2) is 6.06. The summed E-state index contributed by atoms with van der Waals surface area (Å²) in [7, 11) is 0. The minimum atomic E-state index is 0.366. The second-order valence-corrected chi connectivity index (χ2v) is 6.51. The van der Waals surface area contributed by atoms with Gasteiger partial charge in [0, 0.05) is 54.8 Å². The summed E-state index contributed by atoms with van der Waals surface area (Å²) in [5.41, 5.74) is 2.98. The van der Waals surface area contributed by atoms with Crippen LogP contribution < -0.4 is 5.32 Å². The molecule has 1 aliphatic carbocycles. The zero-order chi connectivity index (χ0) is 17.5. The molecule has 4 aromatic rings. The van der Waals surface area contributed by atoms with Gasteiger partial charge < -0.3 is 10.1 Å². The highest BCUT2D eigenvalue weighted by atomic mass is 16.5. The minimum Gasteiger partial charge on any atom is -0.378 e. The fourth-order valence-corrected chi connectivity index (χ4v) is 3.40. The van der Waals surface area contributed by atoms with Crippen LogP contribution in [-0.4, -0.2) is 47.7 Å². The number of anilines is 1. The molecule has 0 spiro atoms. The minimum absolute atomic E-state index is 0.366. The van der Waals surface area contributed by atoms with Gasteiger partial charge in [-0.1, -0.05) is 0 Å². The SMILES string of the molecule is CCOC1CC(Nc2ncc3c(-c4cnc5nccn5c4)ccn3n2)C1. The summed E-state index contributed by atoms with van der Waals surface area (Å²) in [5.74, 6) is 1.33. The highest BCUT2D eigenvalue weighted by Crippen LogP contribution is 2.27. The zero-order valence-electron chi connectivity index (χ0n) is 14.4. The van der Waals surface area contributed by atoms with Gasteiger partial charge in [0.1, 0.15) is 0 Å². The summed E-state index contributed by atoms with van der Waals surface area (Å²) in [5, 5.41) is 7.96. The molecule has 132 valence electrons. The maximum atomic E-state index is 5.59. The van der Waals surface area contributed by atoms with E-state index in [0.29, 0.717) is 23.9 Å². The Balaban J connectivity index is 1.39. The van der Waals surface area contributed by atoms with Crippen molar-refractivity contribution in [1.29, 1.82) is 0 Å². The number of imidazole rings is 1. The molecule has 5 rings (SSSR count). The largest absolute Gasteiger partial charge is 0.378 e. The summed E-state index contributed by atoms with van der Waals surface area (Å²) in [6.45, 7) is 2.80. The molecule has 8 nitrogen and oxygen atoms in total. The lowest BCUT2D eigenvalue weighted by Gasteiger charge is -2.35.